The van der Waals surface area contributed by atoms with E-state index in [0.717, 1.165) is 0 Å². The maximum Gasteiger partial charge on any atom is 0.322 e. The van der Waals surface area contributed by atoms with E-state index >= 15 is 0 Å². The van der Waals surface area contributed by atoms with Gasteiger partial charge in [0, 0.05) is 25.8 Å². The van der Waals surface area contributed by atoms with Gasteiger partial charge in [0.25, 0.3) is 0 Å². The number of morpholine rings is 1. The highest BCUT2D eigenvalue weighted by molar-refractivity contribution is 7.89. The summed E-state index contributed by atoms with van der Waals surface area (Å²) in [7, 11) is -3.85. The van der Waals surface area contributed by atoms with Gasteiger partial charge in [0.05, 0.1) is 19.3 Å². The van der Waals surface area contributed by atoms with E-state index in [4.69, 9.17) is 9.47 Å². The van der Waals surface area contributed by atoms with Crippen LogP contribution in [0, 0.1) is 5.82 Å². The van der Waals surface area contributed by atoms with E-state index in [2.05, 4.69) is 19.9 Å². The van der Waals surface area contributed by atoms with Gasteiger partial charge < -0.3 is 14.4 Å². The molecule has 3 aromatic rings. The molecule has 0 aliphatic carbocycles. The number of pyridine rings is 1. The van der Waals surface area contributed by atoms with E-state index in [1.54, 1.807) is 17.6 Å². The number of halogens is 1. The summed E-state index contributed by atoms with van der Waals surface area (Å²) in [5.41, 5.74) is 0. The number of hydrogen-bond acceptors (Lipinski definition) is 8. The van der Waals surface area contributed by atoms with Crippen LogP contribution in [0.15, 0.2) is 47.5 Å². The number of anilines is 1. The second kappa shape index (κ2) is 9.81. The minimum Gasteiger partial charge on any atom is -0.424 e. The van der Waals surface area contributed by atoms with E-state index in [0.29, 0.717) is 50.2 Å². The van der Waals surface area contributed by atoms with Crippen LogP contribution in [-0.4, -0.2) is 54.5 Å². The molecular formula is C21H25FN6O4S. The first-order valence-electron chi connectivity index (χ1n) is 10.5. The Morgan fingerprint density at radius 3 is 2.52 bits per heavy atom. The Morgan fingerprint density at radius 2 is 1.88 bits per heavy atom. The van der Waals surface area contributed by atoms with Crippen LogP contribution in [0.25, 0.3) is 0 Å². The van der Waals surface area contributed by atoms with Crippen molar-refractivity contribution in [2.24, 2.45) is 0 Å². The lowest BCUT2D eigenvalue weighted by Gasteiger charge is -2.27. The minimum atomic E-state index is -3.85. The maximum atomic E-state index is 13.1. The summed E-state index contributed by atoms with van der Waals surface area (Å²) in [5, 5.41) is 8.13. The number of hydrogen-bond donors (Lipinski definition) is 1. The number of aromatic nitrogens is 4. The van der Waals surface area contributed by atoms with Crippen LogP contribution >= 0.6 is 0 Å². The fraction of sp³-hybridized carbons (Fsp3) is 0.381. The molecule has 0 bridgehead atoms. The summed E-state index contributed by atoms with van der Waals surface area (Å²) in [6.45, 7) is 6.63. The van der Waals surface area contributed by atoms with Crippen molar-refractivity contribution >= 4 is 15.8 Å². The predicted octanol–water partition coefficient (Wildman–Crippen LogP) is 2.50. The van der Waals surface area contributed by atoms with E-state index in [-0.39, 0.29) is 16.7 Å². The van der Waals surface area contributed by atoms with E-state index in [9.17, 15) is 12.8 Å². The van der Waals surface area contributed by atoms with Gasteiger partial charge in [0.15, 0.2) is 5.82 Å². The Morgan fingerprint density at radius 1 is 1.15 bits per heavy atom. The number of rotatable bonds is 8. The fourth-order valence-electron chi connectivity index (χ4n) is 3.47. The van der Waals surface area contributed by atoms with E-state index in [1.807, 2.05) is 11.8 Å². The fourth-order valence-corrected chi connectivity index (χ4v) is 4.61. The molecule has 1 fully saturated rings. The quantitative estimate of drug-likeness (QED) is 0.528. The van der Waals surface area contributed by atoms with Crippen LogP contribution in [0.1, 0.15) is 25.7 Å². The molecular weight excluding hydrogens is 451 g/mol. The molecule has 1 aliphatic rings. The first-order chi connectivity index (χ1) is 15.9. The van der Waals surface area contributed by atoms with Crippen molar-refractivity contribution in [1.82, 2.24) is 24.5 Å². The van der Waals surface area contributed by atoms with E-state index < -0.39 is 16.1 Å². The topological polar surface area (TPSA) is 111 Å². The molecule has 1 atom stereocenters. The summed E-state index contributed by atoms with van der Waals surface area (Å²) in [6, 6.07) is 8.21. The van der Waals surface area contributed by atoms with Gasteiger partial charge in [-0.2, -0.15) is 0 Å². The Kier molecular flexibility index (Phi) is 6.86. The molecule has 176 valence electrons. The molecule has 0 amide bonds. The minimum absolute atomic E-state index is 0.0525. The molecule has 0 saturated carbocycles. The van der Waals surface area contributed by atoms with Crippen LogP contribution in [0.2, 0.25) is 0 Å². The second-order valence-electron chi connectivity index (χ2n) is 7.44. The summed E-state index contributed by atoms with van der Waals surface area (Å²) in [4.78, 5) is 6.41. The SMILES string of the molecule is CCn1c(Oc2ccc(F)cc2)nnc1[C@@H](C)NS(=O)(=O)c1ccc(N2CCOCC2)nc1. The predicted molar refractivity (Wildman–Crippen MR) is 118 cm³/mol. The number of nitrogens with one attached hydrogen (secondary N) is 1. The smallest absolute Gasteiger partial charge is 0.322 e. The third-order valence-electron chi connectivity index (χ3n) is 5.17. The zero-order chi connectivity index (χ0) is 23.4. The molecule has 1 saturated heterocycles. The van der Waals surface area contributed by atoms with Gasteiger partial charge in [-0.3, -0.25) is 4.57 Å². The van der Waals surface area contributed by atoms with Crippen LogP contribution in [0.3, 0.4) is 0 Å². The van der Waals surface area contributed by atoms with Gasteiger partial charge in [-0.1, -0.05) is 5.10 Å². The van der Waals surface area contributed by atoms with Crippen molar-refractivity contribution in [3.05, 3.63) is 54.2 Å². The van der Waals surface area contributed by atoms with Crippen LogP contribution < -0.4 is 14.4 Å². The Labute approximate surface area is 191 Å². The molecule has 1 aliphatic heterocycles. The molecule has 3 heterocycles. The lowest BCUT2D eigenvalue weighted by Crippen LogP contribution is -2.36. The van der Waals surface area contributed by atoms with Crippen LogP contribution in [0.4, 0.5) is 10.2 Å². The lowest BCUT2D eigenvalue weighted by atomic mass is 10.3. The molecule has 33 heavy (non-hydrogen) atoms. The monoisotopic (exact) mass is 476 g/mol. The average molecular weight is 477 g/mol. The van der Waals surface area contributed by atoms with Crippen molar-refractivity contribution in [1.29, 1.82) is 0 Å². The van der Waals surface area contributed by atoms with Crippen molar-refractivity contribution < 1.29 is 22.3 Å². The van der Waals surface area contributed by atoms with Crippen molar-refractivity contribution in [3.63, 3.8) is 0 Å². The number of nitrogens with zero attached hydrogens (tertiary/aromatic N) is 5. The zero-order valence-electron chi connectivity index (χ0n) is 18.3. The third kappa shape index (κ3) is 5.29. The maximum absolute atomic E-state index is 13.1. The normalized spacial score (nSPS) is 15.4. The summed E-state index contributed by atoms with van der Waals surface area (Å²) in [5.74, 6) is 1.11. The molecule has 4 rings (SSSR count). The zero-order valence-corrected chi connectivity index (χ0v) is 19.1. The molecule has 0 radical (unpaired) electrons. The second-order valence-corrected chi connectivity index (χ2v) is 9.15. The van der Waals surface area contributed by atoms with Crippen LogP contribution in [-0.2, 0) is 21.3 Å². The Balaban J connectivity index is 1.48. The number of sulfonamides is 1. The molecule has 0 unspecified atom stereocenters. The highest BCUT2D eigenvalue weighted by Gasteiger charge is 2.25. The summed E-state index contributed by atoms with van der Waals surface area (Å²) in [6.07, 6.45) is 1.34. The van der Waals surface area contributed by atoms with Gasteiger partial charge in [-0.05, 0) is 50.2 Å². The highest BCUT2D eigenvalue weighted by Crippen LogP contribution is 2.24. The van der Waals surface area contributed by atoms with Gasteiger partial charge >= 0.3 is 6.01 Å². The summed E-state index contributed by atoms with van der Waals surface area (Å²) >= 11 is 0. The third-order valence-corrected chi connectivity index (χ3v) is 6.70. The standard InChI is InChI=1S/C21H25FN6O4S/c1-3-28-20(24-25-21(28)32-17-6-4-16(22)5-7-17)15(2)26-33(29,30)18-8-9-19(23-14-18)27-10-12-31-13-11-27/h4-9,14-15,26H,3,10-13H2,1-2H3/t15-/m1/s1. The molecule has 10 nitrogen and oxygen atoms in total. The van der Waals surface area contributed by atoms with Crippen molar-refractivity contribution in [2.45, 2.75) is 31.3 Å². The van der Waals surface area contributed by atoms with Gasteiger partial charge in [-0.25, -0.2) is 22.5 Å². The summed E-state index contributed by atoms with van der Waals surface area (Å²) < 4.78 is 54.3. The molecule has 2 aromatic heterocycles. The first kappa shape index (κ1) is 23.1. The Hall–Kier alpha value is -3.09. The first-order valence-corrected chi connectivity index (χ1v) is 12.0. The molecule has 1 N–H and O–H groups in total. The van der Waals surface area contributed by atoms with E-state index in [1.165, 1.54) is 36.5 Å². The Bertz CT molecular complexity index is 1180. The van der Waals surface area contributed by atoms with Gasteiger partial charge in [-0.15, -0.1) is 5.10 Å². The molecule has 12 heteroatoms. The van der Waals surface area contributed by atoms with Crippen LogP contribution in [0.5, 0.6) is 11.8 Å². The van der Waals surface area contributed by atoms with Gasteiger partial charge in [0.2, 0.25) is 10.0 Å². The van der Waals surface area contributed by atoms with Crippen molar-refractivity contribution in [2.75, 3.05) is 31.2 Å². The average Bonchev–Trinajstić information content (AvgIpc) is 3.23. The lowest BCUT2D eigenvalue weighted by molar-refractivity contribution is 0.122. The van der Waals surface area contributed by atoms with Crippen molar-refractivity contribution in [3.8, 4) is 11.8 Å². The highest BCUT2D eigenvalue weighted by atomic mass is 32.2. The largest absolute Gasteiger partial charge is 0.424 e. The number of benzene rings is 1. The molecule has 0 spiro atoms. The van der Waals surface area contributed by atoms with Gasteiger partial charge in [0.1, 0.15) is 22.3 Å². The number of ether oxygens (including phenoxy) is 2. The molecule has 1 aromatic carbocycles.